The summed E-state index contributed by atoms with van der Waals surface area (Å²) in [6, 6.07) is 7.65. The molecule has 26 heavy (non-hydrogen) atoms. The Labute approximate surface area is 155 Å². The largest absolute Gasteiger partial charge is 0.611 e. The van der Waals surface area contributed by atoms with Gasteiger partial charge in [-0.2, -0.15) is 5.10 Å². The number of ether oxygens (including phenoxy) is 1. The van der Waals surface area contributed by atoms with Crippen LogP contribution < -0.4 is 5.32 Å². The maximum absolute atomic E-state index is 13.0. The molecule has 1 spiro atoms. The van der Waals surface area contributed by atoms with Crippen molar-refractivity contribution in [1.82, 2.24) is 10.2 Å². The van der Waals surface area contributed by atoms with E-state index in [0.29, 0.717) is 30.2 Å². The first kappa shape index (κ1) is 17.2. The number of nitrogens with one attached hydrogen (secondary N) is 2. The first-order chi connectivity index (χ1) is 12.6. The molecule has 4 rings (SSSR count). The highest BCUT2D eigenvalue weighted by Gasteiger charge is 2.57. The highest BCUT2D eigenvalue weighted by molar-refractivity contribution is 7.91. The average molecular weight is 371 g/mol. The number of H-pyrrole nitrogens is 1. The van der Waals surface area contributed by atoms with Crippen LogP contribution in [0.5, 0.6) is 0 Å². The molecule has 2 aliphatic heterocycles. The molecule has 136 valence electrons. The Balaban J connectivity index is 2.03. The molecule has 2 aliphatic rings. The number of carbonyl (C=O) groups excluding carboxylic acids is 1. The molecule has 2 unspecified atom stereocenters. The lowest BCUT2D eigenvalue weighted by Crippen LogP contribution is -2.41. The zero-order chi connectivity index (χ0) is 18.3. The maximum Gasteiger partial charge on any atom is 0.337 e. The first-order valence-corrected chi connectivity index (χ1v) is 10.1. The minimum Gasteiger partial charge on any atom is -0.611 e. The van der Waals surface area contributed by atoms with E-state index in [1.807, 2.05) is 24.3 Å². The van der Waals surface area contributed by atoms with Gasteiger partial charge >= 0.3 is 5.97 Å². The molecule has 3 heterocycles. The van der Waals surface area contributed by atoms with Crippen molar-refractivity contribution in [3.63, 3.8) is 0 Å². The predicted molar refractivity (Wildman–Crippen MR) is 99.3 cm³/mol. The summed E-state index contributed by atoms with van der Waals surface area (Å²) in [5.74, 6) is 0.654. The Kier molecular flexibility index (Phi) is 4.28. The van der Waals surface area contributed by atoms with Gasteiger partial charge in [0, 0.05) is 23.0 Å². The number of fused-ring (bicyclic) bond motifs is 4. The van der Waals surface area contributed by atoms with Crippen molar-refractivity contribution in [2.24, 2.45) is 0 Å². The normalized spacial score (nSPS) is 23.6. The second kappa shape index (κ2) is 6.48. The van der Waals surface area contributed by atoms with E-state index >= 15 is 0 Å². The zero-order valence-corrected chi connectivity index (χ0v) is 15.6. The predicted octanol–water partition coefficient (Wildman–Crippen LogP) is 2.86. The molecule has 0 fully saturated rings. The van der Waals surface area contributed by atoms with Crippen molar-refractivity contribution in [1.29, 1.82) is 0 Å². The van der Waals surface area contributed by atoms with E-state index in [9.17, 15) is 9.35 Å². The summed E-state index contributed by atoms with van der Waals surface area (Å²) < 4.78 is 18.4. The fourth-order valence-electron chi connectivity index (χ4n) is 4.05. The van der Waals surface area contributed by atoms with Crippen LogP contribution in [0, 0.1) is 0 Å². The van der Waals surface area contributed by atoms with Crippen molar-refractivity contribution in [2.75, 3.05) is 17.7 Å². The summed E-state index contributed by atoms with van der Waals surface area (Å²) in [6.07, 6.45) is 3.35. The van der Waals surface area contributed by atoms with Crippen LogP contribution >= 0.6 is 0 Å². The quantitative estimate of drug-likeness (QED) is 0.637. The molecule has 0 bridgehead atoms. The van der Waals surface area contributed by atoms with Gasteiger partial charge in [0.15, 0.2) is 10.7 Å². The SMILES string of the molecule is CCCC1=C(C(=O)OCC)C2(C[S+]([O-])c3ccccc32)c2c[nH]nc2N1. The van der Waals surface area contributed by atoms with Crippen molar-refractivity contribution >= 4 is 23.0 Å². The van der Waals surface area contributed by atoms with Gasteiger partial charge < -0.3 is 14.6 Å². The Hall–Kier alpha value is -2.25. The van der Waals surface area contributed by atoms with Crippen LogP contribution in [0.3, 0.4) is 0 Å². The molecule has 0 saturated carbocycles. The summed E-state index contributed by atoms with van der Waals surface area (Å²) in [6.45, 7) is 4.15. The van der Waals surface area contributed by atoms with E-state index < -0.39 is 16.6 Å². The van der Waals surface area contributed by atoms with Gasteiger partial charge in [0.25, 0.3) is 0 Å². The number of aromatic amines is 1. The standard InChI is InChI=1S/C19H21N3O3S/c1-3-7-14-16(18(23)25-4-2)19(13-10-20-22-17(13)21-14)11-26(24)15-9-6-5-8-12(15)19/h5-6,8-10H,3-4,7,11H2,1-2H3,(H2,20,21,22). The fourth-order valence-corrected chi connectivity index (χ4v) is 5.77. The molecule has 2 N–H and O–H groups in total. The summed E-state index contributed by atoms with van der Waals surface area (Å²) in [4.78, 5) is 13.8. The lowest BCUT2D eigenvalue weighted by atomic mass is 9.68. The van der Waals surface area contributed by atoms with Gasteiger partial charge in [-0.25, -0.2) is 4.79 Å². The van der Waals surface area contributed by atoms with Crippen LogP contribution in [0.2, 0.25) is 0 Å². The summed E-state index contributed by atoms with van der Waals surface area (Å²) in [7, 11) is 0. The van der Waals surface area contributed by atoms with Gasteiger partial charge in [0.2, 0.25) is 0 Å². The van der Waals surface area contributed by atoms with E-state index in [-0.39, 0.29) is 5.97 Å². The van der Waals surface area contributed by atoms with Crippen LogP contribution in [-0.4, -0.2) is 33.1 Å². The van der Waals surface area contributed by atoms with Gasteiger partial charge in [-0.15, -0.1) is 0 Å². The Morgan fingerprint density at radius 1 is 1.35 bits per heavy atom. The summed E-state index contributed by atoms with van der Waals surface area (Å²) >= 11 is -1.20. The molecule has 2 atom stereocenters. The molecule has 1 aromatic carbocycles. The van der Waals surface area contributed by atoms with E-state index in [4.69, 9.17) is 4.74 Å². The van der Waals surface area contributed by atoms with E-state index in [0.717, 1.165) is 28.1 Å². The monoisotopic (exact) mass is 371 g/mol. The second-order valence-corrected chi connectivity index (χ2v) is 7.91. The van der Waals surface area contributed by atoms with Crippen LogP contribution in [0.1, 0.15) is 37.8 Å². The third kappa shape index (κ3) is 2.30. The number of esters is 1. The third-order valence-corrected chi connectivity index (χ3v) is 6.56. The molecular formula is C19H21N3O3S. The Morgan fingerprint density at radius 3 is 2.92 bits per heavy atom. The van der Waals surface area contributed by atoms with E-state index in [2.05, 4.69) is 22.4 Å². The molecule has 2 aromatic rings. The highest BCUT2D eigenvalue weighted by Crippen LogP contribution is 2.54. The topological polar surface area (TPSA) is 90.1 Å². The second-order valence-electron chi connectivity index (χ2n) is 6.49. The number of carbonyl (C=O) groups is 1. The number of anilines is 1. The number of rotatable bonds is 4. The van der Waals surface area contributed by atoms with Crippen molar-refractivity contribution in [2.45, 2.75) is 37.0 Å². The molecular weight excluding hydrogens is 350 g/mol. The van der Waals surface area contributed by atoms with Gasteiger partial charge in [-0.1, -0.05) is 31.5 Å². The zero-order valence-electron chi connectivity index (χ0n) is 14.8. The minimum atomic E-state index is -1.20. The fraction of sp³-hybridized carbons (Fsp3) is 0.368. The molecule has 0 radical (unpaired) electrons. The number of aromatic nitrogens is 2. The smallest absolute Gasteiger partial charge is 0.337 e. The minimum absolute atomic E-state index is 0.292. The number of nitrogens with zero attached hydrogens (tertiary/aromatic N) is 1. The van der Waals surface area contributed by atoms with Crippen molar-refractivity contribution in [3.8, 4) is 0 Å². The molecule has 0 aliphatic carbocycles. The molecule has 7 heteroatoms. The molecule has 0 amide bonds. The van der Waals surface area contributed by atoms with E-state index in [1.54, 1.807) is 13.1 Å². The van der Waals surface area contributed by atoms with Crippen LogP contribution in [0.25, 0.3) is 0 Å². The summed E-state index contributed by atoms with van der Waals surface area (Å²) in [5, 5.41) is 10.5. The van der Waals surface area contributed by atoms with Gasteiger partial charge in [-0.05, 0) is 30.6 Å². The Morgan fingerprint density at radius 2 is 2.15 bits per heavy atom. The van der Waals surface area contributed by atoms with E-state index in [1.165, 1.54) is 0 Å². The van der Waals surface area contributed by atoms with Crippen LogP contribution in [0.15, 0.2) is 46.6 Å². The van der Waals surface area contributed by atoms with Gasteiger partial charge in [-0.3, -0.25) is 5.10 Å². The molecule has 6 nitrogen and oxygen atoms in total. The van der Waals surface area contributed by atoms with Crippen molar-refractivity contribution < 1.29 is 14.1 Å². The lowest BCUT2D eigenvalue weighted by Gasteiger charge is -2.35. The average Bonchev–Trinajstić information content (AvgIpc) is 3.20. The molecule has 1 aromatic heterocycles. The highest BCUT2D eigenvalue weighted by atomic mass is 32.2. The van der Waals surface area contributed by atoms with Gasteiger partial charge in [0.1, 0.15) is 11.2 Å². The lowest BCUT2D eigenvalue weighted by molar-refractivity contribution is -0.139. The number of benzene rings is 1. The van der Waals surface area contributed by atoms with Gasteiger partial charge in [0.05, 0.1) is 12.2 Å². The maximum atomic E-state index is 13.0. The number of hydrogen-bond acceptors (Lipinski definition) is 5. The number of hydrogen-bond donors (Lipinski definition) is 2. The Bertz CT molecular complexity index is 892. The van der Waals surface area contributed by atoms with Crippen molar-refractivity contribution in [3.05, 3.63) is 52.9 Å². The van der Waals surface area contributed by atoms with Crippen LogP contribution in [0.4, 0.5) is 5.82 Å². The summed E-state index contributed by atoms with van der Waals surface area (Å²) in [5.41, 5.74) is 2.32. The third-order valence-electron chi connectivity index (χ3n) is 5.02. The number of allylic oxidation sites excluding steroid dienone is 1. The molecule has 0 saturated heterocycles. The first-order valence-electron chi connectivity index (χ1n) is 8.83. The van der Waals surface area contributed by atoms with Crippen LogP contribution in [-0.2, 0) is 26.1 Å².